The van der Waals surface area contributed by atoms with Crippen molar-refractivity contribution in [3.05, 3.63) is 0 Å². The van der Waals surface area contributed by atoms with Crippen LogP contribution in [0.4, 0.5) is 26.3 Å². The van der Waals surface area contributed by atoms with E-state index < -0.39 is 300 Å². The second kappa shape index (κ2) is 30.8. The van der Waals surface area contributed by atoms with Crippen LogP contribution in [0.1, 0.15) is 141 Å². The maximum atomic E-state index is 13.4. The summed E-state index contributed by atoms with van der Waals surface area (Å²) in [6, 6.07) is 0. The molecule has 6 bridgehead atoms. The lowest BCUT2D eigenvalue weighted by Gasteiger charge is -2.32. The molecule has 0 aromatic heterocycles. The quantitative estimate of drug-likeness (QED) is 0.0440. The molecule has 0 aromatic rings. The smallest absolute Gasteiger partial charge is 0.369 e. The average molecular weight is 1580 g/mol. The molecule has 0 aliphatic carbocycles. The monoisotopic (exact) mass is 1580 g/mol. The lowest BCUT2D eigenvalue weighted by molar-refractivity contribution is -0.173. The number of carbonyl (C=O) groups is 12. The molecule has 9 aliphatic rings. The first-order chi connectivity index (χ1) is 48.0. The lowest BCUT2D eigenvalue weighted by atomic mass is 9.78. The van der Waals surface area contributed by atoms with Crippen LogP contribution in [0.25, 0.3) is 0 Å². The summed E-state index contributed by atoms with van der Waals surface area (Å²) in [6.45, 7) is 17.1. The molecule has 21 atom stereocenters. The first-order valence-corrected chi connectivity index (χ1v) is 36.7. The summed E-state index contributed by atoms with van der Waals surface area (Å²) in [6.07, 6.45) is -22.5. The van der Waals surface area contributed by atoms with Gasteiger partial charge in [0, 0.05) is 0 Å². The number of rotatable bonds is 29. The molecule has 0 saturated carbocycles. The zero-order chi connectivity index (χ0) is 79.5. The fourth-order valence-electron chi connectivity index (χ4n) is 12.5. The number of hydrogen-bond acceptors (Lipinski definition) is 36. The molecule has 9 heterocycles. The molecule has 0 spiro atoms. The number of carbonyl (C=O) groups excluding carboxylic acids is 12. The average Bonchev–Trinajstić information content (AvgIpc) is 1.56. The number of hydrogen-bond donors (Lipinski definition) is 0. The summed E-state index contributed by atoms with van der Waals surface area (Å²) in [4.78, 5) is 147. The van der Waals surface area contributed by atoms with Gasteiger partial charge >= 0.3 is 87.4 Å². The number of esters is 12. The highest BCUT2D eigenvalue weighted by Gasteiger charge is 2.75. The molecule has 0 radical (unpaired) electrons. The van der Waals surface area contributed by atoms with E-state index in [2.05, 4.69) is 14.2 Å². The van der Waals surface area contributed by atoms with Crippen molar-refractivity contribution in [3.63, 3.8) is 0 Å². The van der Waals surface area contributed by atoms with Crippen LogP contribution in [0.2, 0.25) is 0 Å². The molecule has 594 valence electrons. The molecular weight excluding hydrogens is 1510 g/mol. The van der Waals surface area contributed by atoms with E-state index in [0.29, 0.717) is 40.0 Å². The second-order valence-electron chi connectivity index (χ2n) is 27.5. The summed E-state index contributed by atoms with van der Waals surface area (Å²) in [5.74, 6) is -17.3. The van der Waals surface area contributed by atoms with Crippen molar-refractivity contribution in [3.8, 4) is 0 Å². The molecule has 9 saturated heterocycles. The van der Waals surface area contributed by atoms with Crippen LogP contribution < -0.4 is 0 Å². The van der Waals surface area contributed by atoms with Crippen LogP contribution in [0.3, 0.4) is 0 Å². The van der Waals surface area contributed by atoms with Gasteiger partial charge in [0.2, 0.25) is 0 Å². The van der Waals surface area contributed by atoms with E-state index >= 15 is 0 Å². The van der Waals surface area contributed by atoms with Crippen molar-refractivity contribution < 1.29 is 194 Å². The zero-order valence-electron chi connectivity index (χ0n) is 57.7. The summed E-state index contributed by atoms with van der Waals surface area (Å²) < 4.78 is 254. The molecule has 21 unspecified atom stereocenters. The van der Waals surface area contributed by atoms with E-state index in [-0.39, 0.29) is 0 Å². The summed E-state index contributed by atoms with van der Waals surface area (Å²) in [5.41, 5.74) is -2.44. The molecule has 9 fully saturated rings. The highest BCUT2D eigenvalue weighted by Crippen LogP contribution is 2.55. The fraction of sp³-hybridized carbons (Fsp3) is 0.800. The Bertz CT molecular complexity index is 3780. The maximum absolute atomic E-state index is 13.4. The molecule has 105 heavy (non-hydrogen) atoms. The Kier molecular flexibility index (Phi) is 25.0. The van der Waals surface area contributed by atoms with E-state index in [1.54, 1.807) is 41.5 Å². The van der Waals surface area contributed by atoms with Crippen LogP contribution >= 0.6 is 0 Å². The van der Waals surface area contributed by atoms with Gasteiger partial charge in [-0.05, 0) is 81.6 Å². The van der Waals surface area contributed by atoms with Crippen LogP contribution in [0.5, 0.6) is 0 Å². The predicted molar refractivity (Wildman–Crippen MR) is 316 cm³/mol. The Balaban J connectivity index is 0.000000220. The van der Waals surface area contributed by atoms with Crippen LogP contribution in [0.15, 0.2) is 0 Å². The number of halogens is 6. The van der Waals surface area contributed by atoms with Crippen molar-refractivity contribution in [2.75, 3.05) is 0 Å². The van der Waals surface area contributed by atoms with Crippen molar-refractivity contribution in [1.82, 2.24) is 0 Å². The summed E-state index contributed by atoms with van der Waals surface area (Å²) in [7, 11) is -18.2. The number of ether oxygens (including phenoxy) is 15. The molecule has 9 aliphatic heterocycles. The molecule has 45 heteroatoms. The van der Waals surface area contributed by atoms with Gasteiger partial charge in [-0.2, -0.15) is 26.3 Å². The van der Waals surface area contributed by atoms with Crippen molar-refractivity contribution in [2.45, 2.75) is 265 Å². The molecule has 9 rings (SSSR count). The van der Waals surface area contributed by atoms with Gasteiger partial charge in [0.25, 0.3) is 0 Å². The Hall–Kier alpha value is -7.17. The minimum Gasteiger partial charge on any atom is -0.743 e. The largest absolute Gasteiger partial charge is 0.743 e. The highest BCUT2D eigenvalue weighted by atomic mass is 32.2. The van der Waals surface area contributed by atoms with Gasteiger partial charge < -0.3 is 84.7 Å². The molecule has 36 nitrogen and oxygen atoms in total. The van der Waals surface area contributed by atoms with E-state index in [1.165, 1.54) is 0 Å². The third-order valence-corrected chi connectivity index (χ3v) is 21.8. The lowest BCUT2D eigenvalue weighted by Crippen LogP contribution is -2.49. The van der Waals surface area contributed by atoms with Gasteiger partial charge in [-0.25, -0.2) is 25.3 Å². The first kappa shape index (κ1) is 85.1. The minimum atomic E-state index is -6.08. The Morgan fingerprint density at radius 3 is 0.876 bits per heavy atom. The van der Waals surface area contributed by atoms with Gasteiger partial charge in [-0.1, -0.05) is 20.8 Å². The standard InChI is InChI=1S/C21H28F2O12S.C20H26F2O12S.C19H24F2O12S/c1-5-20(4,6-2)35-19(27)13-12-14-17(34-18(12)26)16(15(13)33-14)32-11(25)8-7-10(24)31-9(3)21(22,23)36(28,29)30;1-5-19(3,4)34-18(26)12-11-13-16(33-17(11)25)15(14(12)32-13)31-10(24)7-6-9(23)30-8(2)20(21,22)35(27,28)29;1-7(19(20,21)34(26,27)28)29-8(22)5-6-9(23)30-14-13-11(17(25)33-18(2,3)4)10-12(31-13)15(14)32-16(10)24/h9,12-17H,5-8H2,1-4H3,(H,28,29,30);8,11-16H,5-7H2,1-4H3,(H,27,28,29);7,10-15H,5-6H2,1-4H3,(H,26,27,28)/p-3. The number of alkyl halides is 6. The van der Waals surface area contributed by atoms with E-state index in [0.717, 1.165) is 0 Å². The van der Waals surface area contributed by atoms with Crippen molar-refractivity contribution in [1.29, 1.82) is 0 Å². The Morgan fingerprint density at radius 1 is 0.390 bits per heavy atom. The molecular formula is C60H75F6O36S3-3. The van der Waals surface area contributed by atoms with Gasteiger partial charge in [-0.15, -0.1) is 0 Å². The Morgan fingerprint density at radius 2 is 0.638 bits per heavy atom. The second-order valence-corrected chi connectivity index (χ2v) is 31.9. The summed E-state index contributed by atoms with van der Waals surface area (Å²) in [5, 5.41) is -14.6. The third kappa shape index (κ3) is 17.9. The Labute approximate surface area is 594 Å². The third-order valence-electron chi connectivity index (χ3n) is 18.8. The van der Waals surface area contributed by atoms with Crippen molar-refractivity contribution >= 4 is 102 Å². The topological polar surface area (TPSA) is 515 Å². The maximum Gasteiger partial charge on any atom is 0.369 e. The van der Waals surface area contributed by atoms with E-state index in [9.17, 15) is 123 Å². The SMILES string of the molecule is CC(OC(=O)CCC(=O)OC1C2OC(=O)C3C2OC1C3C(=O)OC(C)(C)C)C(F)(F)S(=O)(=O)[O-].CCC(C)(C)OC(=O)C1C2OC3C(OC(=O)C31)C2OC(=O)CCC(=O)OC(C)C(F)(F)S(=O)(=O)[O-].CCC(C)(CC)OC(=O)C1C2OC3C(OC(=O)C31)C2OC(=O)CCC(=O)OC(C)C(F)(F)S(=O)(=O)[O-]. The van der Waals surface area contributed by atoms with E-state index in [4.69, 9.17) is 56.8 Å². The number of fused-ring (bicyclic) bond motifs is 3. The molecule has 0 amide bonds. The van der Waals surface area contributed by atoms with Crippen LogP contribution in [0, 0.1) is 35.5 Å². The van der Waals surface area contributed by atoms with E-state index in [1.807, 2.05) is 20.8 Å². The normalized spacial score (nSPS) is 30.5. The van der Waals surface area contributed by atoms with Gasteiger partial charge in [0.1, 0.15) is 88.9 Å². The van der Waals surface area contributed by atoms with Crippen LogP contribution in [-0.2, 0) is 159 Å². The van der Waals surface area contributed by atoms with Gasteiger partial charge in [0.15, 0.2) is 85.3 Å². The van der Waals surface area contributed by atoms with Crippen molar-refractivity contribution in [2.24, 2.45) is 35.5 Å². The predicted octanol–water partition coefficient (Wildman–Crippen LogP) is 1.26. The van der Waals surface area contributed by atoms with Gasteiger partial charge in [-0.3, -0.25) is 57.5 Å². The molecule has 0 aromatic carbocycles. The van der Waals surface area contributed by atoms with Gasteiger partial charge in [0.05, 0.1) is 38.5 Å². The zero-order valence-corrected chi connectivity index (χ0v) is 60.1. The minimum absolute atomic E-state index is 0.498. The first-order valence-electron chi connectivity index (χ1n) is 32.4. The van der Waals surface area contributed by atoms with Crippen LogP contribution in [-0.4, -0.2) is 235 Å². The highest BCUT2D eigenvalue weighted by molar-refractivity contribution is 7.87. The fourth-order valence-corrected chi connectivity index (χ4v) is 13.9. The molecule has 0 N–H and O–H groups in total. The summed E-state index contributed by atoms with van der Waals surface area (Å²) >= 11 is 0.